The van der Waals surface area contributed by atoms with Crippen molar-refractivity contribution in [3.05, 3.63) is 60.8 Å². The summed E-state index contributed by atoms with van der Waals surface area (Å²) >= 11 is 0. The van der Waals surface area contributed by atoms with Crippen molar-refractivity contribution in [1.82, 2.24) is 5.32 Å². The molecule has 260 valence electrons. The highest BCUT2D eigenvalue weighted by atomic mass is 16.3. The molecule has 0 saturated heterocycles. The first-order valence-electron chi connectivity index (χ1n) is 19.0. The van der Waals surface area contributed by atoms with Gasteiger partial charge in [-0.05, 0) is 57.8 Å². The summed E-state index contributed by atoms with van der Waals surface area (Å²) in [4.78, 5) is 12.3. The standard InChI is InChI=1S/C41H73NO3/c1-3-5-7-9-11-13-15-16-17-18-19-20-21-22-23-24-25-26-27-29-31-33-35-37-41(45)42-39(38-43)40(44)36-34-32-30-28-14-12-10-8-6-4-2/h5,7,11,13,16-17,19-20,34,36,39-40,43-44H,3-4,6,8-10,12,14-15,18,21-33,35,37-38H2,1-2H3,(H,42,45)/b7-5-,13-11-,17-16-,20-19-,36-34+. The van der Waals surface area contributed by atoms with E-state index in [1.165, 1.54) is 103 Å². The average Bonchev–Trinajstić information content (AvgIpc) is 3.04. The largest absolute Gasteiger partial charge is 0.394 e. The van der Waals surface area contributed by atoms with E-state index in [-0.39, 0.29) is 12.5 Å². The van der Waals surface area contributed by atoms with Crippen LogP contribution >= 0.6 is 0 Å². The van der Waals surface area contributed by atoms with Crippen molar-refractivity contribution in [3.8, 4) is 0 Å². The minimum absolute atomic E-state index is 0.0742. The van der Waals surface area contributed by atoms with E-state index in [1.807, 2.05) is 6.08 Å². The molecule has 1 amide bonds. The van der Waals surface area contributed by atoms with Crippen LogP contribution < -0.4 is 5.32 Å². The van der Waals surface area contributed by atoms with Gasteiger partial charge in [-0.15, -0.1) is 0 Å². The molecule has 2 atom stereocenters. The Balaban J connectivity index is 3.60. The molecule has 0 fully saturated rings. The summed E-state index contributed by atoms with van der Waals surface area (Å²) in [6, 6.07) is -0.624. The second-order valence-corrected chi connectivity index (χ2v) is 12.6. The zero-order chi connectivity index (χ0) is 32.9. The van der Waals surface area contributed by atoms with Gasteiger partial charge in [0.1, 0.15) is 0 Å². The van der Waals surface area contributed by atoms with E-state index in [4.69, 9.17) is 0 Å². The lowest BCUT2D eigenvalue weighted by atomic mass is 10.0. The van der Waals surface area contributed by atoms with Crippen LogP contribution in [0.3, 0.4) is 0 Å². The van der Waals surface area contributed by atoms with Crippen molar-refractivity contribution in [3.63, 3.8) is 0 Å². The van der Waals surface area contributed by atoms with Gasteiger partial charge in [0.15, 0.2) is 0 Å². The van der Waals surface area contributed by atoms with Crippen molar-refractivity contribution >= 4 is 5.91 Å². The van der Waals surface area contributed by atoms with Gasteiger partial charge in [0.05, 0.1) is 18.8 Å². The van der Waals surface area contributed by atoms with Gasteiger partial charge in [-0.2, -0.15) is 0 Å². The lowest BCUT2D eigenvalue weighted by Crippen LogP contribution is -2.45. The van der Waals surface area contributed by atoms with Crippen molar-refractivity contribution in [2.45, 2.75) is 187 Å². The fraction of sp³-hybridized carbons (Fsp3) is 0.732. The summed E-state index contributed by atoms with van der Waals surface area (Å²) in [5.41, 5.74) is 0. The summed E-state index contributed by atoms with van der Waals surface area (Å²) in [5, 5.41) is 22.8. The summed E-state index contributed by atoms with van der Waals surface area (Å²) in [6.07, 6.45) is 50.2. The monoisotopic (exact) mass is 628 g/mol. The van der Waals surface area contributed by atoms with E-state index in [0.717, 1.165) is 51.4 Å². The summed E-state index contributed by atoms with van der Waals surface area (Å²) < 4.78 is 0. The van der Waals surface area contributed by atoms with Crippen molar-refractivity contribution in [2.75, 3.05) is 6.61 Å². The number of allylic oxidation sites excluding steroid dienone is 9. The van der Waals surface area contributed by atoms with E-state index in [9.17, 15) is 15.0 Å². The number of carbonyl (C=O) groups excluding carboxylic acids is 1. The highest BCUT2D eigenvalue weighted by molar-refractivity contribution is 5.76. The normalized spacial score (nSPS) is 13.8. The molecular formula is C41H73NO3. The minimum atomic E-state index is -0.840. The van der Waals surface area contributed by atoms with Crippen LogP contribution in [0.4, 0.5) is 0 Å². The lowest BCUT2D eigenvalue weighted by molar-refractivity contribution is -0.123. The van der Waals surface area contributed by atoms with Crippen molar-refractivity contribution in [1.29, 1.82) is 0 Å². The molecule has 0 spiro atoms. The number of amides is 1. The van der Waals surface area contributed by atoms with E-state index >= 15 is 0 Å². The highest BCUT2D eigenvalue weighted by Gasteiger charge is 2.17. The molecule has 0 aliphatic heterocycles. The maximum atomic E-state index is 12.3. The van der Waals surface area contributed by atoms with Gasteiger partial charge in [-0.25, -0.2) is 0 Å². The van der Waals surface area contributed by atoms with Crippen LogP contribution in [0.1, 0.15) is 174 Å². The zero-order valence-electron chi connectivity index (χ0n) is 29.6. The highest BCUT2D eigenvalue weighted by Crippen LogP contribution is 2.13. The molecule has 4 heteroatoms. The first-order chi connectivity index (χ1) is 22.2. The van der Waals surface area contributed by atoms with Crippen LogP contribution in [-0.2, 0) is 4.79 Å². The first kappa shape index (κ1) is 43.1. The van der Waals surface area contributed by atoms with Gasteiger partial charge < -0.3 is 15.5 Å². The Morgan fingerprint density at radius 2 is 0.978 bits per heavy atom. The molecule has 2 unspecified atom stereocenters. The predicted molar refractivity (Wildman–Crippen MR) is 197 cm³/mol. The maximum Gasteiger partial charge on any atom is 0.220 e. The molecule has 0 radical (unpaired) electrons. The average molecular weight is 628 g/mol. The SMILES string of the molecule is CC/C=C\C/C=C\C/C=C\C/C=C\CCCCCCCCCCCCC(=O)NC(CO)C(O)/C=C/CCCCCCCCCC. The zero-order valence-corrected chi connectivity index (χ0v) is 29.6. The molecule has 0 rings (SSSR count). The first-order valence-corrected chi connectivity index (χ1v) is 19.0. The number of aliphatic hydroxyl groups is 2. The van der Waals surface area contributed by atoms with E-state index in [2.05, 4.69) is 67.8 Å². The number of hydrogen-bond donors (Lipinski definition) is 3. The maximum absolute atomic E-state index is 12.3. The van der Waals surface area contributed by atoms with Crippen LogP contribution in [0, 0.1) is 0 Å². The Labute approximate surface area is 279 Å². The third kappa shape index (κ3) is 33.3. The van der Waals surface area contributed by atoms with E-state index < -0.39 is 12.1 Å². The number of rotatable bonds is 33. The van der Waals surface area contributed by atoms with Crippen molar-refractivity contribution < 1.29 is 15.0 Å². The Hall–Kier alpha value is -1.91. The second kappa shape index (κ2) is 36.6. The molecular weight excluding hydrogens is 554 g/mol. The Bertz CT molecular complexity index is 767. The number of aliphatic hydroxyl groups excluding tert-OH is 2. The number of carbonyl (C=O) groups is 1. The third-order valence-corrected chi connectivity index (χ3v) is 8.26. The van der Waals surface area contributed by atoms with Gasteiger partial charge in [-0.1, -0.05) is 171 Å². The van der Waals surface area contributed by atoms with Gasteiger partial charge in [0.2, 0.25) is 5.91 Å². The molecule has 3 N–H and O–H groups in total. The molecule has 0 saturated carbocycles. The molecule has 0 aromatic rings. The number of nitrogens with one attached hydrogen (secondary N) is 1. The molecule has 0 heterocycles. The number of unbranched alkanes of at least 4 members (excludes halogenated alkanes) is 18. The minimum Gasteiger partial charge on any atom is -0.394 e. The lowest BCUT2D eigenvalue weighted by Gasteiger charge is -2.20. The van der Waals surface area contributed by atoms with Crippen LogP contribution in [0.25, 0.3) is 0 Å². The molecule has 0 aliphatic carbocycles. The molecule has 0 bridgehead atoms. The summed E-state index contributed by atoms with van der Waals surface area (Å²) in [6.45, 7) is 4.16. The molecule has 0 aromatic carbocycles. The van der Waals surface area contributed by atoms with Gasteiger partial charge in [-0.3, -0.25) is 4.79 Å². The van der Waals surface area contributed by atoms with Gasteiger partial charge in [0, 0.05) is 6.42 Å². The van der Waals surface area contributed by atoms with E-state index in [0.29, 0.717) is 6.42 Å². The fourth-order valence-corrected chi connectivity index (χ4v) is 5.34. The van der Waals surface area contributed by atoms with Gasteiger partial charge in [0.25, 0.3) is 0 Å². The number of hydrogen-bond acceptors (Lipinski definition) is 3. The smallest absolute Gasteiger partial charge is 0.220 e. The summed E-state index contributed by atoms with van der Waals surface area (Å²) in [5.74, 6) is -0.0742. The van der Waals surface area contributed by atoms with Gasteiger partial charge >= 0.3 is 0 Å². The van der Waals surface area contributed by atoms with Crippen LogP contribution in [0.15, 0.2) is 60.8 Å². The summed E-state index contributed by atoms with van der Waals surface area (Å²) in [7, 11) is 0. The van der Waals surface area contributed by atoms with Crippen molar-refractivity contribution in [2.24, 2.45) is 0 Å². The third-order valence-electron chi connectivity index (χ3n) is 8.26. The topological polar surface area (TPSA) is 69.6 Å². The van der Waals surface area contributed by atoms with Crippen LogP contribution in [-0.4, -0.2) is 34.9 Å². The predicted octanol–water partition coefficient (Wildman–Crippen LogP) is 11.4. The second-order valence-electron chi connectivity index (χ2n) is 12.6. The molecule has 45 heavy (non-hydrogen) atoms. The molecule has 0 aliphatic rings. The Morgan fingerprint density at radius 1 is 0.556 bits per heavy atom. The molecule has 4 nitrogen and oxygen atoms in total. The molecule has 0 aromatic heterocycles. The quantitative estimate of drug-likeness (QED) is 0.0501. The Morgan fingerprint density at radius 3 is 1.47 bits per heavy atom. The van der Waals surface area contributed by atoms with Crippen LogP contribution in [0.2, 0.25) is 0 Å². The van der Waals surface area contributed by atoms with Crippen LogP contribution in [0.5, 0.6) is 0 Å². The fourth-order valence-electron chi connectivity index (χ4n) is 5.34. The van der Waals surface area contributed by atoms with E-state index in [1.54, 1.807) is 6.08 Å². The Kier molecular flexibility index (Phi) is 35.0.